The van der Waals surface area contributed by atoms with Crippen molar-refractivity contribution in [2.75, 3.05) is 33.3 Å². The number of aromatic nitrogens is 1. The maximum atomic E-state index is 15.6. The molecule has 0 atom stereocenters. The molecule has 53 heavy (non-hydrogen) atoms. The second-order valence-electron chi connectivity index (χ2n) is 11.5. The molecule has 1 saturated heterocycles. The molecule has 1 aliphatic heterocycles. The van der Waals surface area contributed by atoms with Crippen molar-refractivity contribution < 1.29 is 61.6 Å². The fourth-order valence-electron chi connectivity index (χ4n) is 5.45. The highest BCUT2D eigenvalue weighted by molar-refractivity contribution is 7.98. The minimum absolute atomic E-state index is 0.00308. The van der Waals surface area contributed by atoms with Crippen LogP contribution in [0.3, 0.4) is 0 Å². The van der Waals surface area contributed by atoms with E-state index in [2.05, 4.69) is 0 Å². The van der Waals surface area contributed by atoms with Crippen LogP contribution in [0.25, 0.3) is 22.0 Å². The van der Waals surface area contributed by atoms with E-state index in [0.29, 0.717) is 4.90 Å². The van der Waals surface area contributed by atoms with Gasteiger partial charge in [-0.2, -0.15) is 13.2 Å². The van der Waals surface area contributed by atoms with E-state index in [0.717, 1.165) is 6.92 Å². The second-order valence-corrected chi connectivity index (χ2v) is 12.3. The van der Waals surface area contributed by atoms with Crippen LogP contribution in [-0.4, -0.2) is 59.6 Å². The number of carbonyl (C=O) groups is 1. The Morgan fingerprint density at radius 3 is 2.47 bits per heavy atom. The van der Waals surface area contributed by atoms with Gasteiger partial charge in [0.05, 0.1) is 50.1 Å². The number of fused-ring (bicyclic) bond motifs is 1. The summed E-state index contributed by atoms with van der Waals surface area (Å²) in [5, 5.41) is -2.48. The van der Waals surface area contributed by atoms with Gasteiger partial charge in [0.25, 0.3) is 0 Å². The summed E-state index contributed by atoms with van der Waals surface area (Å²) >= 11 is -0.523. The number of ether oxygens (including phenoxy) is 1. The van der Waals surface area contributed by atoms with Gasteiger partial charge < -0.3 is 19.1 Å². The fourth-order valence-corrected chi connectivity index (χ4v) is 6.16. The molecule has 6 rings (SSSR count). The van der Waals surface area contributed by atoms with E-state index < -0.39 is 213 Å². The summed E-state index contributed by atoms with van der Waals surface area (Å²) in [6, 6.07) is -19.8. The first-order valence-corrected chi connectivity index (χ1v) is 16.4. The summed E-state index contributed by atoms with van der Waals surface area (Å²) in [7, 11) is -2.77. The number of para-hydroxylation sites is 1. The summed E-state index contributed by atoms with van der Waals surface area (Å²) in [5.41, 5.74) is -13.2. The molecule has 0 unspecified atom stereocenters. The smallest absolute Gasteiger partial charge is 0.383 e. The van der Waals surface area contributed by atoms with Gasteiger partial charge in [-0.1, -0.05) is 60.4 Å². The minimum atomic E-state index is -5.23. The first-order valence-electron chi connectivity index (χ1n) is 26.6. The molecule has 0 bridgehead atoms. The molecule has 278 valence electrons. The molecule has 1 amide bonds. The number of carbonyl (C=O) groups excluding carboxylic acids is 1. The van der Waals surface area contributed by atoms with E-state index in [4.69, 9.17) is 32.2 Å². The summed E-state index contributed by atoms with van der Waals surface area (Å²) < 4.78 is 264. The lowest BCUT2D eigenvalue weighted by molar-refractivity contribution is -0.138. The van der Waals surface area contributed by atoms with Gasteiger partial charge in [0.2, 0.25) is 5.91 Å². The molecule has 5 aromatic rings. The van der Waals surface area contributed by atoms with Gasteiger partial charge >= 0.3 is 6.18 Å². The highest BCUT2D eigenvalue weighted by Gasteiger charge is 2.32. The molecule has 6 nitrogen and oxygen atoms in total. The summed E-state index contributed by atoms with van der Waals surface area (Å²) in [5.74, 6) is -6.13. The number of halogens is 5. The number of likely N-dealkylation sites (tertiary alicyclic amines) is 1. The maximum absolute atomic E-state index is 15.6. The lowest BCUT2D eigenvalue weighted by Crippen LogP contribution is -2.48. The predicted molar refractivity (Wildman–Crippen MR) is 198 cm³/mol. The van der Waals surface area contributed by atoms with Gasteiger partial charge in [0.15, 0.2) is 17.1 Å². The largest absolute Gasteiger partial charge is 0.416 e. The predicted octanol–water partition coefficient (Wildman–Crippen LogP) is 8.71. The average molecular weight is 772 g/mol. The number of rotatable bonds is 12. The number of piperidine rings is 1. The van der Waals surface area contributed by atoms with Crippen LogP contribution < -0.4 is 5.43 Å². The van der Waals surface area contributed by atoms with Crippen molar-refractivity contribution in [1.82, 2.24) is 14.4 Å². The lowest BCUT2D eigenvalue weighted by atomic mass is 9.98. The summed E-state index contributed by atoms with van der Waals surface area (Å²) in [4.78, 5) is 31.8. The lowest BCUT2D eigenvalue weighted by Gasteiger charge is -2.39. The molecular formula is C41H40F5N3O3S. The number of nitrogens with zero attached hydrogens (tertiary/aromatic N) is 3. The number of hydrogen-bond acceptors (Lipinski definition) is 5. The maximum Gasteiger partial charge on any atom is 0.416 e. The molecule has 0 aliphatic carbocycles. The van der Waals surface area contributed by atoms with E-state index in [1.165, 1.54) is 0 Å². The van der Waals surface area contributed by atoms with Crippen LogP contribution in [0, 0.1) is 18.6 Å². The first-order chi connectivity index (χ1) is 34.3. The molecule has 0 saturated carbocycles. The molecule has 12 heteroatoms. The highest BCUT2D eigenvalue weighted by Crippen LogP contribution is 2.34. The van der Waals surface area contributed by atoms with E-state index in [9.17, 15) is 25.1 Å². The normalized spacial score (nSPS) is 20.9. The number of pyridine rings is 1. The Morgan fingerprint density at radius 1 is 1.00 bits per heavy atom. The molecule has 0 spiro atoms. The summed E-state index contributed by atoms with van der Waals surface area (Å²) in [6.45, 7) is -4.65. The fraction of sp³-hybridized carbons (Fsp3) is 0.317. The molecule has 0 radical (unpaired) electrons. The van der Waals surface area contributed by atoms with E-state index in [1.54, 1.807) is 4.90 Å². The van der Waals surface area contributed by atoms with E-state index in [-0.39, 0.29) is 43.6 Å². The molecular weight excluding hydrogens is 710 g/mol. The van der Waals surface area contributed by atoms with Crippen LogP contribution in [0.2, 0.25) is 0 Å². The molecule has 1 fully saturated rings. The van der Waals surface area contributed by atoms with Gasteiger partial charge in [-0.25, -0.2) is 8.78 Å². The van der Waals surface area contributed by atoms with E-state index in [1.807, 2.05) is 0 Å². The topological polar surface area (TPSA) is 54.8 Å². The zero-order chi connectivity index (χ0) is 56.8. The van der Waals surface area contributed by atoms with Crippen LogP contribution in [-0.2, 0) is 34.5 Å². The number of hydrogen-bond donors (Lipinski definition) is 0. The number of methoxy groups -OCH3 is 1. The highest BCUT2D eigenvalue weighted by atomic mass is 32.2. The Hall–Kier alpha value is -4.52. The van der Waals surface area contributed by atoms with Gasteiger partial charge in [-0.15, -0.1) is 11.8 Å². The minimum Gasteiger partial charge on any atom is -0.383 e. The van der Waals surface area contributed by atoms with Gasteiger partial charge in [0.1, 0.15) is 6.50 Å². The van der Waals surface area contributed by atoms with Crippen LogP contribution in [0.1, 0.15) is 65.3 Å². The quantitative estimate of drug-likeness (QED) is 0.0939. The number of alkyl halides is 3. The van der Waals surface area contributed by atoms with Crippen LogP contribution >= 0.6 is 11.8 Å². The van der Waals surface area contributed by atoms with Crippen LogP contribution in [0.5, 0.6) is 0 Å². The molecule has 2 heterocycles. The number of thioether (sulfide) groups is 1. The van der Waals surface area contributed by atoms with Crippen LogP contribution in [0.15, 0.2) is 100 Å². The van der Waals surface area contributed by atoms with Crippen LogP contribution in [0.4, 0.5) is 22.0 Å². The van der Waals surface area contributed by atoms with Crippen molar-refractivity contribution in [2.45, 2.75) is 55.8 Å². The standard InChI is InChI=1S/C41H40F5N3O3S/c1-27-22-30(14-15-34(27)41(44,45)46)29-12-10-28(11-13-29)24-48(32-16-18-47(19-17-32)20-21-52-2)38(51)25-49-36-9-4-3-7-33(36)37(50)23-39(49)53-26-31-6-5-8-35(42)40(31)43/h3-15,22-23,32H,16-21,24-26H2,1-2H3/i2D3,3D,4D,5D,6D,7D,8D,9D,10D,11D,12D,13D,14D,15D,22D,23D,25D2,26D2. The Labute approximate surface area is 340 Å². The van der Waals surface area contributed by atoms with Crippen molar-refractivity contribution in [3.05, 3.63) is 135 Å². The van der Waals surface area contributed by atoms with E-state index >= 15 is 9.18 Å². The second kappa shape index (κ2) is 16.7. The molecule has 0 N–H and O–H groups in total. The van der Waals surface area contributed by atoms with Gasteiger partial charge in [-0.05, 0) is 66.2 Å². The zero-order valence-electron chi connectivity index (χ0n) is 49.4. The zero-order valence-corrected chi connectivity index (χ0v) is 28.2. The monoisotopic (exact) mass is 771 g/mol. The average Bonchev–Trinajstić information content (AvgIpc) is 3.31. The van der Waals surface area contributed by atoms with Crippen molar-refractivity contribution in [3.8, 4) is 11.1 Å². The van der Waals surface area contributed by atoms with Crippen molar-refractivity contribution in [1.29, 1.82) is 0 Å². The first kappa shape index (κ1) is 19.2. The van der Waals surface area contributed by atoms with Gasteiger partial charge in [-0.3, -0.25) is 9.59 Å². The third-order valence-electron chi connectivity index (χ3n) is 8.08. The Bertz CT molecular complexity index is 3170. The third kappa shape index (κ3) is 9.00. The van der Waals surface area contributed by atoms with Crippen molar-refractivity contribution in [2.24, 2.45) is 0 Å². The third-order valence-corrected chi connectivity index (χ3v) is 8.86. The molecule has 1 aliphatic rings. The van der Waals surface area contributed by atoms with Crippen molar-refractivity contribution >= 4 is 28.6 Å². The Balaban J connectivity index is 1.62. The van der Waals surface area contributed by atoms with Gasteiger partial charge in [0, 0.05) is 64.7 Å². The Morgan fingerprint density at radius 2 is 1.74 bits per heavy atom. The van der Waals surface area contributed by atoms with Crippen molar-refractivity contribution in [3.63, 3.8) is 0 Å². The SMILES string of the molecule is [2H]c1c([2H])c(F)c(F)c(C([2H])([2H])Sc2c([2H])c(=O)c3c([2H])c([2H])c([2H])c([2H])c3n2C([2H])([2H])C(=O)N(Cc2c([2H])c([2H])c(-c3c([2H])c([2H])c(C(F)(F)F)c(C)c3[2H])c([2H])c2[2H])C2CCN(CCOC([2H])([2H])[2H])CC2)c1[2H]. The molecule has 4 aromatic carbocycles. The number of benzene rings is 4. The molecule has 1 aromatic heterocycles. The summed E-state index contributed by atoms with van der Waals surface area (Å²) in [6.07, 6.45) is -5.58. The number of amides is 1. The Kier molecular flexibility index (Phi) is 6.03.